The summed E-state index contributed by atoms with van der Waals surface area (Å²) in [4.78, 5) is 11.2. The number of alkyl carbamates (subject to hydrolysis) is 1. The smallest absolute Gasteiger partial charge is 0.407 e. The van der Waals surface area contributed by atoms with Crippen LogP contribution in [-0.4, -0.2) is 25.3 Å². The van der Waals surface area contributed by atoms with E-state index in [1.54, 1.807) is 12.1 Å². The highest BCUT2D eigenvalue weighted by molar-refractivity contribution is 5.69. The monoisotopic (exact) mass is 225 g/mol. The molecule has 0 aromatic heterocycles. The molecule has 4 nitrogen and oxygen atoms in total. The first-order chi connectivity index (χ1) is 9.15. The maximum Gasteiger partial charge on any atom is 0.407 e. The van der Waals surface area contributed by atoms with Crippen molar-refractivity contribution in [1.29, 1.82) is 0 Å². The Hall–Kier alpha value is -1.71. The van der Waals surface area contributed by atoms with Crippen molar-refractivity contribution < 1.29 is 19.8 Å². The molecule has 0 aliphatic carbocycles. The van der Waals surface area contributed by atoms with Crippen LogP contribution in [0.2, 0.25) is 1.41 Å². The molecule has 0 bridgehead atoms. The van der Waals surface area contributed by atoms with Gasteiger partial charge in [-0.1, -0.05) is 6.07 Å². The van der Waals surface area contributed by atoms with Crippen molar-refractivity contribution >= 4 is 6.09 Å². The lowest BCUT2D eigenvalue weighted by molar-refractivity contribution is 0.105. The first-order valence-electron chi connectivity index (χ1n) is 6.84. The van der Waals surface area contributed by atoms with Crippen LogP contribution in [0, 0.1) is 13.8 Å². The molecule has 1 atom stereocenters. The Morgan fingerprint density at radius 1 is 1.62 bits per heavy atom. The normalized spacial score (nSPS) is 31.1. The van der Waals surface area contributed by atoms with Crippen molar-refractivity contribution in [3.63, 3.8) is 0 Å². The number of carbonyl (C=O) groups excluding carboxylic acids is 1. The number of ether oxygens (including phenoxy) is 2. The van der Waals surface area contributed by atoms with Gasteiger partial charge in [-0.25, -0.2) is 4.79 Å². The highest BCUT2D eigenvalue weighted by Gasteiger charge is 2.22. The highest BCUT2D eigenvalue weighted by Crippen LogP contribution is 2.16. The van der Waals surface area contributed by atoms with E-state index in [1.807, 2.05) is 19.9 Å². The number of cyclic esters (lactones) is 1. The Bertz CT molecular complexity index is 531. The zero-order valence-electron chi connectivity index (χ0n) is 13.1. The minimum absolute atomic E-state index is 0.0187. The van der Waals surface area contributed by atoms with Crippen molar-refractivity contribution in [1.82, 2.24) is 5.31 Å². The number of benzene rings is 1. The van der Waals surface area contributed by atoms with E-state index in [-0.39, 0.29) is 5.31 Å². The SMILES string of the molecule is [2H]N1C(=O)OC([2H])(COc2cc(C)cc(C)c2)C1([2H])[2H]. The summed E-state index contributed by atoms with van der Waals surface area (Å²) in [6.07, 6.45) is -3.47. The third kappa shape index (κ3) is 2.66. The number of rotatable bonds is 3. The minimum Gasteiger partial charge on any atom is -0.490 e. The van der Waals surface area contributed by atoms with E-state index in [0.717, 1.165) is 11.1 Å². The molecule has 1 aromatic carbocycles. The predicted molar refractivity (Wildman–Crippen MR) is 59.7 cm³/mol. The van der Waals surface area contributed by atoms with Gasteiger partial charge < -0.3 is 14.8 Å². The van der Waals surface area contributed by atoms with Crippen molar-refractivity contribution in [3.8, 4) is 5.75 Å². The Balaban J connectivity index is 2.16. The van der Waals surface area contributed by atoms with E-state index < -0.39 is 25.3 Å². The number of amides is 1. The highest BCUT2D eigenvalue weighted by atomic mass is 16.6. The Labute approximate surface area is 100 Å². The van der Waals surface area contributed by atoms with Crippen LogP contribution >= 0.6 is 0 Å². The molecule has 0 saturated carbocycles. The van der Waals surface area contributed by atoms with Gasteiger partial charge >= 0.3 is 6.09 Å². The number of aryl methyl sites for hydroxylation is 2. The maximum absolute atomic E-state index is 11.2. The molecule has 4 heteroatoms. The Morgan fingerprint density at radius 2 is 2.31 bits per heavy atom. The van der Waals surface area contributed by atoms with Gasteiger partial charge in [0.05, 0.1) is 10.6 Å². The fraction of sp³-hybridized carbons (Fsp3) is 0.417. The third-order valence-corrected chi connectivity index (χ3v) is 2.05. The van der Waals surface area contributed by atoms with Crippen LogP contribution in [-0.2, 0) is 4.74 Å². The molecule has 1 fully saturated rings. The zero-order chi connectivity index (χ0) is 15.1. The summed E-state index contributed by atoms with van der Waals surface area (Å²) in [7, 11) is 0. The van der Waals surface area contributed by atoms with Crippen LogP contribution in [0.15, 0.2) is 18.2 Å². The van der Waals surface area contributed by atoms with Gasteiger partial charge in [-0.3, -0.25) is 0 Å². The lowest BCUT2D eigenvalue weighted by Gasteiger charge is -2.11. The van der Waals surface area contributed by atoms with Gasteiger partial charge in [0.15, 0.2) is 7.49 Å². The van der Waals surface area contributed by atoms with E-state index in [2.05, 4.69) is 4.74 Å². The van der Waals surface area contributed by atoms with E-state index in [9.17, 15) is 4.79 Å². The Morgan fingerprint density at radius 3 is 2.88 bits per heavy atom. The van der Waals surface area contributed by atoms with Crippen molar-refractivity contribution in [2.45, 2.75) is 19.9 Å². The van der Waals surface area contributed by atoms with Crippen LogP contribution in [0.5, 0.6) is 5.75 Å². The van der Waals surface area contributed by atoms with Crippen LogP contribution < -0.4 is 10.0 Å². The lowest BCUT2D eigenvalue weighted by Crippen LogP contribution is -2.21. The fourth-order valence-corrected chi connectivity index (χ4v) is 1.49. The van der Waals surface area contributed by atoms with Gasteiger partial charge in [0.1, 0.15) is 12.4 Å². The molecule has 1 saturated heterocycles. The largest absolute Gasteiger partial charge is 0.490 e. The quantitative estimate of drug-likeness (QED) is 0.853. The topological polar surface area (TPSA) is 47.6 Å². The number of nitrogens with one attached hydrogen (secondary N) is 1. The molecule has 0 spiro atoms. The molecule has 2 rings (SSSR count). The number of hydrogen-bond donors (Lipinski definition) is 1. The second-order valence-electron chi connectivity index (χ2n) is 3.63. The molecule has 1 heterocycles. The molecule has 86 valence electrons. The summed E-state index contributed by atoms with van der Waals surface area (Å²) < 4.78 is 40.4. The maximum atomic E-state index is 11.2. The van der Waals surface area contributed by atoms with Gasteiger partial charge in [0.2, 0.25) is 0 Å². The molecule has 1 aliphatic rings. The fourth-order valence-electron chi connectivity index (χ4n) is 1.49. The van der Waals surface area contributed by atoms with Gasteiger partial charge in [0, 0.05) is 0 Å². The summed E-state index contributed by atoms with van der Waals surface area (Å²) >= 11 is 0. The van der Waals surface area contributed by atoms with E-state index in [1.165, 1.54) is 0 Å². The predicted octanol–water partition coefficient (Wildman–Crippen LogP) is 1.79. The van der Waals surface area contributed by atoms with Gasteiger partial charge in [-0.05, 0) is 37.1 Å². The molecule has 1 unspecified atom stereocenters. The van der Waals surface area contributed by atoms with E-state index in [4.69, 9.17) is 10.3 Å². The van der Waals surface area contributed by atoms with Crippen LogP contribution in [0.1, 0.15) is 15.2 Å². The van der Waals surface area contributed by atoms with Gasteiger partial charge in [-0.15, -0.1) is 0 Å². The van der Waals surface area contributed by atoms with E-state index in [0.29, 0.717) is 5.75 Å². The average molecular weight is 225 g/mol. The number of hydrogen-bond acceptors (Lipinski definition) is 3. The van der Waals surface area contributed by atoms with Crippen molar-refractivity contribution in [2.75, 3.05) is 13.1 Å². The van der Waals surface area contributed by atoms with Crippen LogP contribution in [0.3, 0.4) is 0 Å². The summed E-state index contributed by atoms with van der Waals surface area (Å²) in [5.41, 5.74) is 1.93. The summed E-state index contributed by atoms with van der Waals surface area (Å²) in [5.74, 6) is 0.462. The van der Waals surface area contributed by atoms with Gasteiger partial charge in [-0.2, -0.15) is 0 Å². The molecular weight excluding hydrogens is 206 g/mol. The standard InChI is InChI=1S/C12H15NO3/c1-8-3-9(2)5-10(4-8)15-7-11-6-13-12(14)16-11/h3-5,11H,6-7H2,1-2H3,(H,13,14)/i6D2,11D/hD. The lowest BCUT2D eigenvalue weighted by atomic mass is 10.1. The summed E-state index contributed by atoms with van der Waals surface area (Å²) in [5, 5.41) is 0.0187. The number of carbonyl (C=O) groups is 1. The molecule has 0 radical (unpaired) electrons. The first-order valence-corrected chi connectivity index (χ1v) is 4.89. The van der Waals surface area contributed by atoms with Crippen LogP contribution in [0.25, 0.3) is 0 Å². The molecule has 1 amide bonds. The van der Waals surface area contributed by atoms with Crippen molar-refractivity contribution in [3.05, 3.63) is 29.3 Å². The minimum atomic E-state index is -2.58. The molecular formula is C12H15NO3. The Kier molecular flexibility index (Phi) is 1.88. The summed E-state index contributed by atoms with van der Waals surface area (Å²) in [6.45, 7) is 0.695. The zero-order valence-corrected chi connectivity index (χ0v) is 9.11. The molecule has 1 N–H and O–H groups in total. The van der Waals surface area contributed by atoms with Crippen molar-refractivity contribution in [2.24, 2.45) is 0 Å². The van der Waals surface area contributed by atoms with Crippen LogP contribution in [0.4, 0.5) is 4.79 Å². The van der Waals surface area contributed by atoms with Gasteiger partial charge in [0.25, 0.3) is 0 Å². The molecule has 1 aromatic rings. The molecule has 1 aliphatic heterocycles. The summed E-state index contributed by atoms with van der Waals surface area (Å²) in [6, 6.07) is 5.42. The second kappa shape index (κ2) is 4.43. The van der Waals surface area contributed by atoms with E-state index >= 15 is 0 Å². The first kappa shape index (κ1) is 6.78. The third-order valence-electron chi connectivity index (χ3n) is 2.05. The average Bonchev–Trinajstić information content (AvgIpc) is 2.47. The molecule has 16 heavy (non-hydrogen) atoms. The second-order valence-corrected chi connectivity index (χ2v) is 3.63.